The van der Waals surface area contributed by atoms with Gasteiger partial charge >= 0.3 is 0 Å². The summed E-state index contributed by atoms with van der Waals surface area (Å²) in [5.41, 5.74) is 2.38. The molecular formula is C13H21N3. The summed E-state index contributed by atoms with van der Waals surface area (Å²) in [5.74, 6) is 3.85. The highest BCUT2D eigenvalue weighted by molar-refractivity contribution is 5.48. The second kappa shape index (κ2) is 4.04. The van der Waals surface area contributed by atoms with E-state index in [9.17, 15) is 0 Å². The van der Waals surface area contributed by atoms with Gasteiger partial charge in [-0.05, 0) is 25.2 Å². The lowest BCUT2D eigenvalue weighted by atomic mass is 10.0. The third-order valence-electron chi connectivity index (χ3n) is 3.41. The topological polar surface area (TPSA) is 37.8 Å². The van der Waals surface area contributed by atoms with E-state index in [4.69, 9.17) is 0 Å². The van der Waals surface area contributed by atoms with Gasteiger partial charge in [0.25, 0.3) is 0 Å². The Morgan fingerprint density at radius 1 is 1.31 bits per heavy atom. The first-order valence-electron chi connectivity index (χ1n) is 6.10. The van der Waals surface area contributed by atoms with Crippen molar-refractivity contribution in [3.63, 3.8) is 0 Å². The normalized spacial score (nSPS) is 23.6. The van der Waals surface area contributed by atoms with Crippen LogP contribution in [0.3, 0.4) is 0 Å². The number of nitrogens with zero attached hydrogens (tertiary/aromatic N) is 2. The molecule has 1 aliphatic carbocycles. The zero-order valence-corrected chi connectivity index (χ0v) is 10.8. The van der Waals surface area contributed by atoms with Crippen LogP contribution in [-0.4, -0.2) is 17.0 Å². The molecule has 1 aromatic heterocycles. The van der Waals surface area contributed by atoms with Gasteiger partial charge in [0.05, 0.1) is 0 Å². The van der Waals surface area contributed by atoms with Crippen molar-refractivity contribution >= 4 is 5.82 Å². The Bertz CT molecular complexity index is 398. The fourth-order valence-electron chi connectivity index (χ4n) is 2.33. The van der Waals surface area contributed by atoms with Gasteiger partial charge in [0, 0.05) is 24.2 Å². The van der Waals surface area contributed by atoms with E-state index >= 15 is 0 Å². The molecule has 0 aliphatic heterocycles. The molecule has 2 unspecified atom stereocenters. The summed E-state index contributed by atoms with van der Waals surface area (Å²) in [6.45, 7) is 8.73. The number of aryl methyl sites for hydroxylation is 1. The second-order valence-electron chi connectivity index (χ2n) is 5.15. The van der Waals surface area contributed by atoms with Gasteiger partial charge in [-0.15, -0.1) is 0 Å². The zero-order valence-electron chi connectivity index (χ0n) is 10.8. The van der Waals surface area contributed by atoms with Gasteiger partial charge in [0.15, 0.2) is 0 Å². The van der Waals surface area contributed by atoms with Gasteiger partial charge in [-0.2, -0.15) is 0 Å². The van der Waals surface area contributed by atoms with Gasteiger partial charge in [-0.3, -0.25) is 0 Å². The van der Waals surface area contributed by atoms with E-state index in [0.717, 1.165) is 23.3 Å². The van der Waals surface area contributed by atoms with Crippen molar-refractivity contribution in [3.8, 4) is 0 Å². The summed E-state index contributed by atoms with van der Waals surface area (Å²) in [4.78, 5) is 9.33. The van der Waals surface area contributed by atoms with Crippen molar-refractivity contribution < 1.29 is 0 Å². The van der Waals surface area contributed by atoms with Crippen LogP contribution in [0.4, 0.5) is 5.82 Å². The van der Waals surface area contributed by atoms with Crippen molar-refractivity contribution in [1.82, 2.24) is 9.97 Å². The Kier molecular flexibility index (Phi) is 2.87. The molecule has 0 saturated heterocycles. The highest BCUT2D eigenvalue weighted by atomic mass is 15.0. The maximum atomic E-state index is 4.66. The largest absolute Gasteiger partial charge is 0.373 e. The van der Waals surface area contributed by atoms with Crippen molar-refractivity contribution in [2.24, 2.45) is 5.92 Å². The Balaban J connectivity index is 2.42. The average molecular weight is 219 g/mol. The lowest BCUT2D eigenvalue weighted by molar-refractivity contribution is 0.787. The lowest BCUT2D eigenvalue weighted by Gasteiger charge is -2.15. The molecule has 1 fully saturated rings. The summed E-state index contributed by atoms with van der Waals surface area (Å²) >= 11 is 0. The van der Waals surface area contributed by atoms with E-state index in [1.165, 1.54) is 12.0 Å². The minimum absolute atomic E-state index is 0.466. The summed E-state index contributed by atoms with van der Waals surface area (Å²) in [7, 11) is 1.94. The summed E-state index contributed by atoms with van der Waals surface area (Å²) < 4.78 is 0. The predicted octanol–water partition coefficient (Wildman–Crippen LogP) is 3.07. The standard InChI is InChI=1S/C13H21N3/c1-7(2)11-9(4)15-12(10-6-8(10)3)16-13(11)14-5/h7-8,10H,6H2,1-5H3,(H,14,15,16). The highest BCUT2D eigenvalue weighted by Gasteiger charge is 2.37. The third-order valence-corrected chi connectivity index (χ3v) is 3.41. The maximum Gasteiger partial charge on any atom is 0.134 e. The van der Waals surface area contributed by atoms with E-state index in [1.807, 2.05) is 7.05 Å². The van der Waals surface area contributed by atoms with E-state index < -0.39 is 0 Å². The molecule has 16 heavy (non-hydrogen) atoms. The summed E-state index contributed by atoms with van der Waals surface area (Å²) in [6.07, 6.45) is 1.24. The van der Waals surface area contributed by atoms with Crippen LogP contribution in [0.2, 0.25) is 0 Å². The summed E-state index contributed by atoms with van der Waals surface area (Å²) in [6, 6.07) is 0. The molecule has 0 bridgehead atoms. The number of aromatic nitrogens is 2. The van der Waals surface area contributed by atoms with E-state index in [-0.39, 0.29) is 0 Å². The second-order valence-corrected chi connectivity index (χ2v) is 5.15. The summed E-state index contributed by atoms with van der Waals surface area (Å²) in [5, 5.41) is 3.20. The van der Waals surface area contributed by atoms with Crippen LogP contribution in [0.15, 0.2) is 0 Å². The molecule has 1 aromatic rings. The van der Waals surface area contributed by atoms with Gasteiger partial charge in [-0.1, -0.05) is 20.8 Å². The SMILES string of the molecule is CNc1nc(C2CC2C)nc(C)c1C(C)C. The van der Waals surface area contributed by atoms with E-state index in [2.05, 4.69) is 43.0 Å². The first-order chi connectivity index (χ1) is 7.54. The molecule has 1 N–H and O–H groups in total. The number of hydrogen-bond donors (Lipinski definition) is 1. The van der Waals surface area contributed by atoms with Crippen LogP contribution in [0.1, 0.15) is 56.1 Å². The fourth-order valence-corrected chi connectivity index (χ4v) is 2.33. The lowest BCUT2D eigenvalue weighted by Crippen LogP contribution is -2.08. The quantitative estimate of drug-likeness (QED) is 0.849. The molecule has 3 nitrogen and oxygen atoms in total. The van der Waals surface area contributed by atoms with Gasteiger partial charge in [-0.25, -0.2) is 9.97 Å². The van der Waals surface area contributed by atoms with E-state index in [1.54, 1.807) is 0 Å². The first kappa shape index (κ1) is 11.4. The van der Waals surface area contributed by atoms with Gasteiger partial charge in [0.2, 0.25) is 0 Å². The van der Waals surface area contributed by atoms with Crippen molar-refractivity contribution in [2.45, 2.75) is 46.0 Å². The predicted molar refractivity (Wildman–Crippen MR) is 66.9 cm³/mol. The third kappa shape index (κ3) is 1.91. The van der Waals surface area contributed by atoms with Crippen LogP contribution >= 0.6 is 0 Å². The van der Waals surface area contributed by atoms with Crippen LogP contribution < -0.4 is 5.32 Å². The Hall–Kier alpha value is -1.12. The van der Waals surface area contributed by atoms with Crippen molar-refractivity contribution in [2.75, 3.05) is 12.4 Å². The monoisotopic (exact) mass is 219 g/mol. The number of nitrogens with one attached hydrogen (secondary N) is 1. The molecule has 2 atom stereocenters. The molecule has 1 aliphatic rings. The zero-order chi connectivity index (χ0) is 11.9. The molecular weight excluding hydrogens is 198 g/mol. The Morgan fingerprint density at radius 3 is 2.38 bits per heavy atom. The molecule has 1 heterocycles. The molecule has 0 spiro atoms. The van der Waals surface area contributed by atoms with E-state index in [0.29, 0.717) is 11.8 Å². The van der Waals surface area contributed by atoms with Crippen LogP contribution in [0.5, 0.6) is 0 Å². The van der Waals surface area contributed by atoms with Crippen LogP contribution in [0, 0.1) is 12.8 Å². The first-order valence-corrected chi connectivity index (χ1v) is 6.10. The molecule has 1 saturated carbocycles. The van der Waals surface area contributed by atoms with Gasteiger partial charge < -0.3 is 5.32 Å². The van der Waals surface area contributed by atoms with Crippen molar-refractivity contribution in [1.29, 1.82) is 0 Å². The molecule has 3 heteroatoms. The smallest absolute Gasteiger partial charge is 0.134 e. The van der Waals surface area contributed by atoms with Crippen LogP contribution in [0.25, 0.3) is 0 Å². The maximum absolute atomic E-state index is 4.66. The molecule has 0 aromatic carbocycles. The molecule has 0 radical (unpaired) electrons. The highest BCUT2D eigenvalue weighted by Crippen LogP contribution is 2.46. The van der Waals surface area contributed by atoms with Crippen molar-refractivity contribution in [3.05, 3.63) is 17.1 Å². The number of anilines is 1. The number of hydrogen-bond acceptors (Lipinski definition) is 3. The van der Waals surface area contributed by atoms with Gasteiger partial charge in [0.1, 0.15) is 11.6 Å². The number of rotatable bonds is 3. The Labute approximate surface area is 97.7 Å². The molecule has 2 rings (SSSR count). The molecule has 0 amide bonds. The minimum atomic E-state index is 0.466. The minimum Gasteiger partial charge on any atom is -0.373 e. The Morgan fingerprint density at radius 2 is 1.94 bits per heavy atom. The van der Waals surface area contributed by atoms with Crippen LogP contribution in [-0.2, 0) is 0 Å². The average Bonchev–Trinajstić information content (AvgIpc) is 2.93. The fraction of sp³-hybridized carbons (Fsp3) is 0.692. The molecule has 88 valence electrons.